The van der Waals surface area contributed by atoms with Gasteiger partial charge in [0.2, 0.25) is 21.4 Å². The van der Waals surface area contributed by atoms with Crippen molar-refractivity contribution in [2.24, 2.45) is 0 Å². The number of carbonyl (C=O) groups excluding carboxylic acids is 1. The minimum Gasteiger partial charge on any atom is -0.501 e. The lowest BCUT2D eigenvalue weighted by atomic mass is 9.90. The molecule has 9 heteroatoms. The maximum Gasteiger partial charge on any atom is 0.251 e. The number of nitrogens with zero attached hydrogens (tertiary/aromatic N) is 1. The van der Waals surface area contributed by atoms with Crippen LogP contribution in [0.3, 0.4) is 0 Å². The fraction of sp³-hybridized carbons (Fsp3) is 0.438. The molecule has 1 aromatic carbocycles. The number of methoxy groups -OCH3 is 2. The van der Waals surface area contributed by atoms with Gasteiger partial charge in [-0.1, -0.05) is 12.1 Å². The van der Waals surface area contributed by atoms with E-state index in [0.717, 1.165) is 4.31 Å². The highest BCUT2D eigenvalue weighted by Crippen LogP contribution is 2.45. The summed E-state index contributed by atoms with van der Waals surface area (Å²) in [6.45, 7) is 2.88. The summed E-state index contributed by atoms with van der Waals surface area (Å²) in [4.78, 5) is 12.7. The van der Waals surface area contributed by atoms with Gasteiger partial charge < -0.3 is 19.3 Å². The van der Waals surface area contributed by atoms with E-state index in [0.29, 0.717) is 11.3 Å². The van der Waals surface area contributed by atoms with Crippen LogP contribution in [-0.2, 0) is 25.2 Å². The SMILES string of the molecule is CCS(=O)(=O)N(C)C1=C(O)C(=O)C(C)(c2cccc(OC)c2OC)O1. The number of sulfonamides is 1. The summed E-state index contributed by atoms with van der Waals surface area (Å²) in [7, 11) is 0.355. The molecule has 138 valence electrons. The van der Waals surface area contributed by atoms with Gasteiger partial charge in [0.05, 0.1) is 20.0 Å². The van der Waals surface area contributed by atoms with Crippen LogP contribution in [0, 0.1) is 0 Å². The largest absolute Gasteiger partial charge is 0.501 e. The summed E-state index contributed by atoms with van der Waals surface area (Å²) in [6, 6.07) is 4.87. The van der Waals surface area contributed by atoms with E-state index in [-0.39, 0.29) is 11.5 Å². The molecule has 0 saturated heterocycles. The molecule has 0 fully saturated rings. The van der Waals surface area contributed by atoms with E-state index in [9.17, 15) is 18.3 Å². The molecule has 0 aromatic heterocycles. The molecule has 1 aliphatic heterocycles. The van der Waals surface area contributed by atoms with Crippen molar-refractivity contribution in [1.29, 1.82) is 0 Å². The van der Waals surface area contributed by atoms with Crippen molar-refractivity contribution in [1.82, 2.24) is 4.31 Å². The van der Waals surface area contributed by atoms with Gasteiger partial charge in [0, 0.05) is 12.6 Å². The lowest BCUT2D eigenvalue weighted by Gasteiger charge is -2.28. The third-order valence-corrected chi connectivity index (χ3v) is 5.87. The predicted molar refractivity (Wildman–Crippen MR) is 89.9 cm³/mol. The molecule has 1 unspecified atom stereocenters. The van der Waals surface area contributed by atoms with Crippen LogP contribution in [0.25, 0.3) is 0 Å². The Bertz CT molecular complexity index is 831. The average Bonchev–Trinajstić information content (AvgIpc) is 2.85. The Kier molecular flexibility index (Phi) is 4.90. The molecule has 1 aromatic rings. The summed E-state index contributed by atoms with van der Waals surface area (Å²) in [5.74, 6) is -1.52. The smallest absolute Gasteiger partial charge is 0.251 e. The van der Waals surface area contributed by atoms with Crippen molar-refractivity contribution in [3.8, 4) is 11.5 Å². The number of carbonyl (C=O) groups is 1. The van der Waals surface area contributed by atoms with Crippen LogP contribution < -0.4 is 9.47 Å². The number of ether oxygens (including phenoxy) is 3. The van der Waals surface area contributed by atoms with E-state index in [1.54, 1.807) is 18.2 Å². The predicted octanol–water partition coefficient (Wildman–Crippen LogP) is 1.53. The Labute approximate surface area is 146 Å². The molecule has 1 aliphatic rings. The summed E-state index contributed by atoms with van der Waals surface area (Å²) in [6.07, 6.45) is 0. The van der Waals surface area contributed by atoms with Crippen LogP contribution in [0.4, 0.5) is 0 Å². The minimum absolute atomic E-state index is 0.211. The zero-order valence-electron chi connectivity index (χ0n) is 14.7. The molecular formula is C16H21NO7S. The second kappa shape index (κ2) is 6.47. The van der Waals surface area contributed by atoms with Crippen LogP contribution >= 0.6 is 0 Å². The molecule has 0 saturated carbocycles. The third-order valence-electron chi connectivity index (χ3n) is 4.14. The lowest BCUT2D eigenvalue weighted by Crippen LogP contribution is -2.33. The number of aliphatic hydroxyl groups excluding tert-OH is 1. The normalized spacial score (nSPS) is 20.4. The summed E-state index contributed by atoms with van der Waals surface area (Å²) < 4.78 is 41.1. The Morgan fingerprint density at radius 1 is 1.28 bits per heavy atom. The number of hydrogen-bond acceptors (Lipinski definition) is 7. The highest BCUT2D eigenvalue weighted by molar-refractivity contribution is 7.89. The molecule has 0 amide bonds. The molecule has 8 nitrogen and oxygen atoms in total. The number of Topliss-reactive ketones (excluding diaryl/α,β-unsaturated/α-hetero) is 1. The Morgan fingerprint density at radius 2 is 1.92 bits per heavy atom. The fourth-order valence-corrected chi connectivity index (χ4v) is 3.35. The van der Waals surface area contributed by atoms with E-state index >= 15 is 0 Å². The van der Waals surface area contributed by atoms with Gasteiger partial charge in [-0.15, -0.1) is 0 Å². The van der Waals surface area contributed by atoms with Gasteiger partial charge in [0.1, 0.15) is 0 Å². The molecule has 0 radical (unpaired) electrons. The topological polar surface area (TPSA) is 102 Å². The summed E-state index contributed by atoms with van der Waals surface area (Å²) in [5.41, 5.74) is -1.35. The first-order valence-corrected chi connectivity index (χ1v) is 9.10. The Balaban J connectivity index is 2.55. The maximum atomic E-state index is 12.7. The number of aliphatic hydroxyl groups is 1. The first-order valence-electron chi connectivity index (χ1n) is 7.49. The van der Waals surface area contributed by atoms with Crippen molar-refractivity contribution < 1.29 is 32.5 Å². The minimum atomic E-state index is -3.72. The third kappa shape index (κ3) is 2.88. The first kappa shape index (κ1) is 18.9. The van der Waals surface area contributed by atoms with Gasteiger partial charge in [0.25, 0.3) is 11.7 Å². The van der Waals surface area contributed by atoms with Gasteiger partial charge >= 0.3 is 0 Å². The zero-order valence-corrected chi connectivity index (χ0v) is 15.5. The van der Waals surface area contributed by atoms with Crippen LogP contribution in [0.5, 0.6) is 11.5 Å². The number of ketones is 1. The molecule has 1 atom stereocenters. The Morgan fingerprint density at radius 3 is 2.44 bits per heavy atom. The lowest BCUT2D eigenvalue weighted by molar-refractivity contribution is -0.132. The van der Waals surface area contributed by atoms with Gasteiger partial charge in [-0.25, -0.2) is 12.7 Å². The first-order chi connectivity index (χ1) is 11.6. The van der Waals surface area contributed by atoms with E-state index in [2.05, 4.69) is 0 Å². The fourth-order valence-electron chi connectivity index (χ4n) is 2.58. The van der Waals surface area contributed by atoms with Crippen LogP contribution in [-0.4, -0.2) is 50.6 Å². The second-order valence-corrected chi connectivity index (χ2v) is 7.82. The summed E-state index contributed by atoms with van der Waals surface area (Å²) >= 11 is 0. The second-order valence-electron chi connectivity index (χ2n) is 5.53. The van der Waals surface area contributed by atoms with Crippen LogP contribution in [0.1, 0.15) is 19.4 Å². The molecule has 0 aliphatic carbocycles. The van der Waals surface area contributed by atoms with Crippen LogP contribution in [0.2, 0.25) is 0 Å². The van der Waals surface area contributed by atoms with Gasteiger partial charge in [-0.05, 0) is 19.9 Å². The monoisotopic (exact) mass is 371 g/mol. The Hall–Kier alpha value is -2.42. The molecule has 2 rings (SSSR count). The average molecular weight is 371 g/mol. The standard InChI is InChI=1S/C16H21NO7S/c1-6-25(20,21)17(3)15-12(18)14(19)16(2,24-15)10-8-7-9-11(22-4)13(10)23-5/h7-9,18H,6H2,1-5H3. The van der Waals surface area contributed by atoms with Crippen molar-refractivity contribution in [3.05, 3.63) is 35.4 Å². The molecule has 0 bridgehead atoms. The quantitative estimate of drug-likeness (QED) is 0.809. The maximum absolute atomic E-state index is 12.7. The highest BCUT2D eigenvalue weighted by Gasteiger charge is 2.51. The van der Waals surface area contributed by atoms with Crippen molar-refractivity contribution >= 4 is 15.8 Å². The van der Waals surface area contributed by atoms with E-state index < -0.39 is 33.0 Å². The van der Waals surface area contributed by atoms with Crippen molar-refractivity contribution in [3.63, 3.8) is 0 Å². The van der Waals surface area contributed by atoms with E-state index in [1.165, 1.54) is 35.1 Å². The van der Waals surface area contributed by atoms with Gasteiger partial charge in [-0.3, -0.25) is 4.79 Å². The molecule has 1 heterocycles. The number of para-hydroxylation sites is 1. The van der Waals surface area contributed by atoms with E-state index in [4.69, 9.17) is 14.2 Å². The number of benzene rings is 1. The number of hydrogen-bond donors (Lipinski definition) is 1. The van der Waals surface area contributed by atoms with Crippen molar-refractivity contribution in [2.45, 2.75) is 19.4 Å². The highest BCUT2D eigenvalue weighted by atomic mass is 32.2. The summed E-state index contributed by atoms with van der Waals surface area (Å²) in [5, 5.41) is 10.2. The van der Waals surface area contributed by atoms with Gasteiger partial charge in [0.15, 0.2) is 11.5 Å². The molecule has 1 N–H and O–H groups in total. The molecular weight excluding hydrogens is 350 g/mol. The van der Waals surface area contributed by atoms with Crippen molar-refractivity contribution in [2.75, 3.05) is 27.0 Å². The molecule has 0 spiro atoms. The number of rotatable bonds is 6. The van der Waals surface area contributed by atoms with Crippen LogP contribution in [0.15, 0.2) is 29.8 Å². The van der Waals surface area contributed by atoms with E-state index in [1.807, 2.05) is 0 Å². The zero-order chi connectivity index (χ0) is 19.0. The van der Waals surface area contributed by atoms with Gasteiger partial charge in [-0.2, -0.15) is 0 Å². The molecule has 25 heavy (non-hydrogen) atoms.